The SMILES string of the molecule is CCCC(=O)O[C@@H]1CC(c2ccc(Br)cn2)C(=O)N1C. The molecule has 2 rings (SSSR count). The number of esters is 1. The molecular weight excluding hydrogens is 324 g/mol. The van der Waals surface area contributed by atoms with E-state index in [2.05, 4.69) is 20.9 Å². The van der Waals surface area contributed by atoms with Crippen LogP contribution in [-0.2, 0) is 14.3 Å². The van der Waals surface area contributed by atoms with Crippen molar-refractivity contribution in [3.63, 3.8) is 0 Å². The Morgan fingerprint density at radius 3 is 2.90 bits per heavy atom. The Morgan fingerprint density at radius 1 is 1.55 bits per heavy atom. The van der Waals surface area contributed by atoms with Gasteiger partial charge in [0.15, 0.2) is 6.23 Å². The molecule has 108 valence electrons. The molecule has 1 saturated heterocycles. The molecule has 1 amide bonds. The number of ether oxygens (including phenoxy) is 1. The van der Waals surface area contributed by atoms with E-state index in [1.165, 1.54) is 4.90 Å². The third kappa shape index (κ3) is 3.17. The van der Waals surface area contributed by atoms with E-state index >= 15 is 0 Å². The van der Waals surface area contributed by atoms with Gasteiger partial charge in [0.05, 0.1) is 11.6 Å². The smallest absolute Gasteiger partial charge is 0.307 e. The van der Waals surface area contributed by atoms with Gasteiger partial charge in [-0.15, -0.1) is 0 Å². The van der Waals surface area contributed by atoms with E-state index in [-0.39, 0.29) is 17.8 Å². The summed E-state index contributed by atoms with van der Waals surface area (Å²) in [6.07, 6.45) is 2.75. The minimum atomic E-state index is -0.489. The zero-order valence-electron chi connectivity index (χ0n) is 11.5. The van der Waals surface area contributed by atoms with Crippen molar-refractivity contribution in [2.45, 2.75) is 38.3 Å². The van der Waals surface area contributed by atoms with Gasteiger partial charge in [-0.1, -0.05) is 6.92 Å². The largest absolute Gasteiger partial charge is 0.441 e. The van der Waals surface area contributed by atoms with Crippen LogP contribution < -0.4 is 0 Å². The first-order valence-corrected chi connectivity index (χ1v) is 7.39. The molecule has 0 bridgehead atoms. The molecule has 5 nitrogen and oxygen atoms in total. The summed E-state index contributed by atoms with van der Waals surface area (Å²) in [5, 5.41) is 0. The lowest BCUT2D eigenvalue weighted by atomic mass is 10.0. The van der Waals surface area contributed by atoms with Crippen LogP contribution in [-0.4, -0.2) is 35.0 Å². The highest BCUT2D eigenvalue weighted by Gasteiger charge is 2.40. The van der Waals surface area contributed by atoms with Gasteiger partial charge in [-0.3, -0.25) is 14.6 Å². The molecule has 0 spiro atoms. The highest BCUT2D eigenvalue weighted by atomic mass is 79.9. The van der Waals surface area contributed by atoms with Crippen LogP contribution in [0.25, 0.3) is 0 Å². The maximum absolute atomic E-state index is 12.2. The van der Waals surface area contributed by atoms with E-state index in [1.807, 2.05) is 19.1 Å². The maximum Gasteiger partial charge on any atom is 0.307 e. The van der Waals surface area contributed by atoms with Gasteiger partial charge in [0.2, 0.25) is 5.91 Å². The third-order valence-corrected chi connectivity index (χ3v) is 3.81. The standard InChI is InChI=1S/C14H17BrN2O3/c1-3-4-13(18)20-12-7-10(14(19)17(12)2)11-6-5-9(15)8-16-11/h5-6,8,10,12H,3-4,7H2,1-2H3/t10?,12-/m1/s1. The highest BCUT2D eigenvalue weighted by molar-refractivity contribution is 9.10. The van der Waals surface area contributed by atoms with Gasteiger partial charge in [0.25, 0.3) is 0 Å². The van der Waals surface area contributed by atoms with E-state index in [4.69, 9.17) is 4.74 Å². The third-order valence-electron chi connectivity index (χ3n) is 3.34. The van der Waals surface area contributed by atoms with Gasteiger partial charge in [0, 0.05) is 30.6 Å². The molecule has 20 heavy (non-hydrogen) atoms. The molecule has 0 aromatic carbocycles. The number of likely N-dealkylation sites (N-methyl/N-ethyl adjacent to an activating group) is 1. The lowest BCUT2D eigenvalue weighted by Crippen LogP contribution is -2.33. The average molecular weight is 341 g/mol. The minimum absolute atomic E-state index is 0.0610. The Morgan fingerprint density at radius 2 is 2.30 bits per heavy atom. The Hall–Kier alpha value is -1.43. The summed E-state index contributed by atoms with van der Waals surface area (Å²) in [7, 11) is 1.66. The number of pyridine rings is 1. The van der Waals surface area contributed by atoms with Crippen LogP contribution in [0.2, 0.25) is 0 Å². The quantitative estimate of drug-likeness (QED) is 0.790. The average Bonchev–Trinajstić information content (AvgIpc) is 2.68. The number of carbonyl (C=O) groups is 2. The Labute approximate surface area is 126 Å². The highest BCUT2D eigenvalue weighted by Crippen LogP contribution is 2.32. The number of carbonyl (C=O) groups excluding carboxylic acids is 2. The maximum atomic E-state index is 12.2. The Bertz CT molecular complexity index is 504. The predicted octanol–water partition coefficient (Wildman–Crippen LogP) is 2.46. The summed E-state index contributed by atoms with van der Waals surface area (Å²) in [6, 6.07) is 3.67. The fourth-order valence-corrected chi connectivity index (χ4v) is 2.47. The summed E-state index contributed by atoms with van der Waals surface area (Å²) in [5.74, 6) is -0.664. The number of likely N-dealkylation sites (tertiary alicyclic amines) is 1. The topological polar surface area (TPSA) is 59.5 Å². The Kier molecular flexibility index (Phi) is 4.75. The van der Waals surface area contributed by atoms with Crippen molar-refractivity contribution in [3.8, 4) is 0 Å². The van der Waals surface area contributed by atoms with Crippen LogP contribution in [0.4, 0.5) is 0 Å². The molecule has 1 aliphatic heterocycles. The number of nitrogens with zero attached hydrogens (tertiary/aromatic N) is 2. The van der Waals surface area contributed by atoms with Crippen molar-refractivity contribution in [1.82, 2.24) is 9.88 Å². The second kappa shape index (κ2) is 6.35. The fourth-order valence-electron chi connectivity index (χ4n) is 2.23. The van der Waals surface area contributed by atoms with Crippen LogP contribution in [0, 0.1) is 0 Å². The van der Waals surface area contributed by atoms with Gasteiger partial charge in [-0.25, -0.2) is 0 Å². The fraction of sp³-hybridized carbons (Fsp3) is 0.500. The molecule has 2 atom stereocenters. The molecule has 0 aliphatic carbocycles. The predicted molar refractivity (Wildman–Crippen MR) is 76.9 cm³/mol. The zero-order chi connectivity index (χ0) is 14.7. The van der Waals surface area contributed by atoms with Crippen LogP contribution >= 0.6 is 15.9 Å². The van der Waals surface area contributed by atoms with Crippen molar-refractivity contribution in [2.75, 3.05) is 7.05 Å². The first kappa shape index (κ1) is 15.0. The van der Waals surface area contributed by atoms with E-state index in [9.17, 15) is 9.59 Å². The van der Waals surface area contributed by atoms with E-state index in [0.29, 0.717) is 18.5 Å². The first-order valence-electron chi connectivity index (χ1n) is 6.60. The summed E-state index contributed by atoms with van der Waals surface area (Å²) in [5.41, 5.74) is 0.707. The monoisotopic (exact) mass is 340 g/mol. The van der Waals surface area contributed by atoms with Crippen LogP contribution in [0.1, 0.15) is 37.8 Å². The molecule has 0 N–H and O–H groups in total. The molecule has 2 heterocycles. The van der Waals surface area contributed by atoms with E-state index in [0.717, 1.165) is 10.9 Å². The van der Waals surface area contributed by atoms with Crippen molar-refractivity contribution >= 4 is 27.8 Å². The molecule has 1 aromatic heterocycles. The molecular formula is C14H17BrN2O3. The van der Waals surface area contributed by atoms with Crippen LogP contribution in [0.3, 0.4) is 0 Å². The van der Waals surface area contributed by atoms with Gasteiger partial charge >= 0.3 is 5.97 Å². The number of hydrogen-bond acceptors (Lipinski definition) is 4. The number of halogens is 1. The van der Waals surface area contributed by atoms with Crippen LogP contribution in [0.5, 0.6) is 0 Å². The molecule has 1 aliphatic rings. The molecule has 1 fully saturated rings. The molecule has 0 saturated carbocycles. The number of aromatic nitrogens is 1. The molecule has 6 heteroatoms. The van der Waals surface area contributed by atoms with Crippen molar-refractivity contribution in [2.24, 2.45) is 0 Å². The summed E-state index contributed by atoms with van der Waals surface area (Å²) >= 11 is 3.32. The zero-order valence-corrected chi connectivity index (χ0v) is 13.1. The molecule has 1 aromatic rings. The lowest BCUT2D eigenvalue weighted by Gasteiger charge is -2.19. The second-order valence-corrected chi connectivity index (χ2v) is 5.75. The van der Waals surface area contributed by atoms with E-state index in [1.54, 1.807) is 13.2 Å². The normalized spacial score (nSPS) is 22.1. The Balaban J connectivity index is 2.08. The summed E-state index contributed by atoms with van der Waals surface area (Å²) in [4.78, 5) is 29.5. The number of hydrogen-bond donors (Lipinski definition) is 0. The lowest BCUT2D eigenvalue weighted by molar-refractivity contribution is -0.158. The molecule has 1 unspecified atom stereocenters. The minimum Gasteiger partial charge on any atom is -0.441 e. The number of rotatable bonds is 4. The summed E-state index contributed by atoms with van der Waals surface area (Å²) < 4.78 is 6.21. The number of amides is 1. The van der Waals surface area contributed by atoms with Crippen molar-refractivity contribution < 1.29 is 14.3 Å². The first-order chi connectivity index (χ1) is 9.52. The second-order valence-electron chi connectivity index (χ2n) is 4.83. The van der Waals surface area contributed by atoms with Gasteiger partial charge in [-0.2, -0.15) is 0 Å². The van der Waals surface area contributed by atoms with Gasteiger partial charge in [0.1, 0.15) is 0 Å². The molecule has 0 radical (unpaired) electrons. The van der Waals surface area contributed by atoms with Crippen LogP contribution in [0.15, 0.2) is 22.8 Å². The van der Waals surface area contributed by atoms with Gasteiger partial charge in [-0.05, 0) is 34.5 Å². The van der Waals surface area contributed by atoms with Crippen molar-refractivity contribution in [1.29, 1.82) is 0 Å². The van der Waals surface area contributed by atoms with Crippen molar-refractivity contribution in [3.05, 3.63) is 28.5 Å². The van der Waals surface area contributed by atoms with E-state index < -0.39 is 6.23 Å². The van der Waals surface area contributed by atoms with Gasteiger partial charge < -0.3 is 9.64 Å². The summed E-state index contributed by atoms with van der Waals surface area (Å²) in [6.45, 7) is 1.92.